The molecular formula is C26H24O3. The highest BCUT2D eigenvalue weighted by molar-refractivity contribution is 5.87. The number of benzene rings is 3. The maximum atomic E-state index is 6.53. The van der Waals surface area contributed by atoms with Gasteiger partial charge in [0.1, 0.15) is 23.0 Å². The van der Waals surface area contributed by atoms with Crippen molar-refractivity contribution in [1.29, 1.82) is 0 Å². The fourth-order valence-corrected chi connectivity index (χ4v) is 3.63. The van der Waals surface area contributed by atoms with E-state index in [1.165, 1.54) is 5.56 Å². The number of methoxy groups -OCH3 is 2. The molecule has 0 amide bonds. The fourth-order valence-electron chi connectivity index (χ4n) is 3.63. The van der Waals surface area contributed by atoms with E-state index in [0.29, 0.717) is 0 Å². The van der Waals surface area contributed by atoms with Crippen molar-refractivity contribution in [1.82, 2.24) is 0 Å². The second-order valence-corrected chi connectivity index (χ2v) is 6.79. The van der Waals surface area contributed by atoms with Gasteiger partial charge < -0.3 is 13.9 Å². The van der Waals surface area contributed by atoms with Crippen LogP contribution < -0.4 is 9.47 Å². The van der Waals surface area contributed by atoms with Crippen molar-refractivity contribution in [2.24, 2.45) is 0 Å². The second-order valence-electron chi connectivity index (χ2n) is 6.79. The van der Waals surface area contributed by atoms with Crippen molar-refractivity contribution in [3.8, 4) is 45.3 Å². The SMILES string of the molecule is CCc1c(-c2ccc(OC)cc2)oc(-c2ccc(OC)cc2)c1-c1ccccc1. The third kappa shape index (κ3) is 3.64. The van der Waals surface area contributed by atoms with E-state index in [2.05, 4.69) is 31.2 Å². The van der Waals surface area contributed by atoms with Gasteiger partial charge in [-0.3, -0.25) is 0 Å². The second kappa shape index (κ2) is 8.27. The van der Waals surface area contributed by atoms with Crippen LogP contribution in [-0.4, -0.2) is 14.2 Å². The van der Waals surface area contributed by atoms with Crippen molar-refractivity contribution in [2.75, 3.05) is 14.2 Å². The van der Waals surface area contributed by atoms with Crippen molar-refractivity contribution in [3.63, 3.8) is 0 Å². The van der Waals surface area contributed by atoms with Crippen LogP contribution in [-0.2, 0) is 6.42 Å². The van der Waals surface area contributed by atoms with E-state index in [-0.39, 0.29) is 0 Å². The van der Waals surface area contributed by atoms with Crippen molar-refractivity contribution >= 4 is 0 Å². The Morgan fingerprint density at radius 2 is 1.14 bits per heavy atom. The van der Waals surface area contributed by atoms with E-state index >= 15 is 0 Å². The quantitative estimate of drug-likeness (QED) is 0.364. The lowest BCUT2D eigenvalue weighted by Crippen LogP contribution is -1.88. The predicted molar refractivity (Wildman–Crippen MR) is 117 cm³/mol. The van der Waals surface area contributed by atoms with Gasteiger partial charge in [0.05, 0.1) is 14.2 Å². The van der Waals surface area contributed by atoms with Crippen molar-refractivity contribution in [3.05, 3.63) is 84.4 Å². The molecule has 0 aliphatic carbocycles. The molecule has 0 atom stereocenters. The summed E-state index contributed by atoms with van der Waals surface area (Å²) in [7, 11) is 3.35. The summed E-state index contributed by atoms with van der Waals surface area (Å²) in [6.45, 7) is 2.17. The van der Waals surface area contributed by atoms with Crippen LogP contribution in [0, 0.1) is 0 Å². The van der Waals surface area contributed by atoms with Crippen LogP contribution in [0.25, 0.3) is 33.8 Å². The summed E-state index contributed by atoms with van der Waals surface area (Å²) in [6, 6.07) is 26.5. The zero-order valence-corrected chi connectivity index (χ0v) is 16.9. The van der Waals surface area contributed by atoms with Crippen LogP contribution in [0.15, 0.2) is 83.3 Å². The number of ether oxygens (including phenoxy) is 2. The third-order valence-electron chi connectivity index (χ3n) is 5.13. The summed E-state index contributed by atoms with van der Waals surface area (Å²) < 4.78 is 17.2. The Bertz CT molecular complexity index is 1080. The molecule has 29 heavy (non-hydrogen) atoms. The molecule has 3 heteroatoms. The van der Waals surface area contributed by atoms with E-state index in [0.717, 1.165) is 51.7 Å². The Morgan fingerprint density at radius 3 is 1.62 bits per heavy atom. The van der Waals surface area contributed by atoms with Crippen LogP contribution >= 0.6 is 0 Å². The van der Waals surface area contributed by atoms with E-state index in [1.807, 2.05) is 54.6 Å². The van der Waals surface area contributed by atoms with Gasteiger partial charge >= 0.3 is 0 Å². The van der Waals surface area contributed by atoms with Crippen LogP contribution in [0.4, 0.5) is 0 Å². The highest BCUT2D eigenvalue weighted by Crippen LogP contribution is 2.43. The van der Waals surface area contributed by atoms with Gasteiger partial charge in [-0.15, -0.1) is 0 Å². The van der Waals surface area contributed by atoms with Crippen LogP contribution in [0.3, 0.4) is 0 Å². The highest BCUT2D eigenvalue weighted by atomic mass is 16.5. The van der Waals surface area contributed by atoms with Gasteiger partial charge in [0.15, 0.2) is 0 Å². The molecule has 0 bridgehead atoms. The normalized spacial score (nSPS) is 10.7. The van der Waals surface area contributed by atoms with Gasteiger partial charge in [-0.2, -0.15) is 0 Å². The minimum absolute atomic E-state index is 0.827. The summed E-state index contributed by atoms with van der Waals surface area (Å²) in [5, 5.41) is 0. The van der Waals surface area contributed by atoms with Gasteiger partial charge in [-0.1, -0.05) is 37.3 Å². The first kappa shape index (κ1) is 18.9. The maximum absolute atomic E-state index is 6.53. The molecule has 146 valence electrons. The lowest BCUT2D eigenvalue weighted by atomic mass is 9.94. The lowest BCUT2D eigenvalue weighted by molar-refractivity contribution is 0.415. The minimum atomic E-state index is 0.827. The molecule has 4 aromatic rings. The summed E-state index contributed by atoms with van der Waals surface area (Å²) >= 11 is 0. The van der Waals surface area contributed by atoms with E-state index < -0.39 is 0 Å². The van der Waals surface area contributed by atoms with Crippen molar-refractivity contribution < 1.29 is 13.9 Å². The monoisotopic (exact) mass is 384 g/mol. The summed E-state index contributed by atoms with van der Waals surface area (Å²) in [4.78, 5) is 0. The molecule has 0 spiro atoms. The molecule has 0 saturated heterocycles. The Labute approximate surface area is 171 Å². The molecule has 0 saturated carbocycles. The Balaban J connectivity index is 1.93. The van der Waals surface area contributed by atoms with E-state index in [4.69, 9.17) is 13.9 Å². The molecule has 0 radical (unpaired) electrons. The molecule has 0 aliphatic heterocycles. The van der Waals surface area contributed by atoms with Crippen LogP contribution in [0.2, 0.25) is 0 Å². The summed E-state index contributed by atoms with van der Waals surface area (Å²) in [5.41, 5.74) is 5.56. The first-order valence-corrected chi connectivity index (χ1v) is 9.75. The Morgan fingerprint density at radius 1 is 0.621 bits per heavy atom. The fraction of sp³-hybridized carbons (Fsp3) is 0.154. The minimum Gasteiger partial charge on any atom is -0.497 e. The highest BCUT2D eigenvalue weighted by Gasteiger charge is 2.22. The first-order chi connectivity index (χ1) is 14.2. The Kier molecular flexibility index (Phi) is 5.39. The topological polar surface area (TPSA) is 31.6 Å². The molecule has 3 aromatic carbocycles. The summed E-state index contributed by atoms with van der Waals surface area (Å²) in [6.07, 6.45) is 0.866. The molecule has 0 aliphatic rings. The molecule has 3 nitrogen and oxygen atoms in total. The van der Waals surface area contributed by atoms with E-state index in [9.17, 15) is 0 Å². The molecule has 0 N–H and O–H groups in total. The van der Waals surface area contributed by atoms with Crippen molar-refractivity contribution in [2.45, 2.75) is 13.3 Å². The average molecular weight is 384 g/mol. The molecule has 4 rings (SSSR count). The number of hydrogen-bond donors (Lipinski definition) is 0. The maximum Gasteiger partial charge on any atom is 0.142 e. The largest absolute Gasteiger partial charge is 0.497 e. The number of rotatable bonds is 6. The van der Waals surface area contributed by atoms with E-state index in [1.54, 1.807) is 14.2 Å². The number of furan rings is 1. The molecular weight excluding hydrogens is 360 g/mol. The summed E-state index contributed by atoms with van der Waals surface area (Å²) in [5.74, 6) is 3.44. The average Bonchev–Trinajstić information content (AvgIpc) is 3.19. The number of hydrogen-bond acceptors (Lipinski definition) is 3. The van der Waals surface area contributed by atoms with Gasteiger partial charge in [0.2, 0.25) is 0 Å². The first-order valence-electron chi connectivity index (χ1n) is 9.75. The smallest absolute Gasteiger partial charge is 0.142 e. The van der Waals surface area contributed by atoms with Gasteiger partial charge in [-0.25, -0.2) is 0 Å². The van der Waals surface area contributed by atoms with Gasteiger partial charge in [0, 0.05) is 22.3 Å². The van der Waals surface area contributed by atoms with Gasteiger partial charge in [-0.05, 0) is 60.5 Å². The van der Waals surface area contributed by atoms with Gasteiger partial charge in [0.25, 0.3) is 0 Å². The molecule has 1 heterocycles. The molecule has 0 fully saturated rings. The Hall–Kier alpha value is -3.46. The molecule has 1 aromatic heterocycles. The predicted octanol–water partition coefficient (Wildman–Crippen LogP) is 6.86. The zero-order valence-electron chi connectivity index (χ0n) is 16.9. The standard InChI is InChI=1S/C26H24O3/c1-4-23-24(18-8-6-5-7-9-18)26(20-12-16-22(28-3)17-13-20)29-25(23)19-10-14-21(27-2)15-11-19/h5-17H,4H2,1-3H3. The zero-order chi connectivity index (χ0) is 20.2. The third-order valence-corrected chi connectivity index (χ3v) is 5.13. The van der Waals surface area contributed by atoms with Crippen LogP contribution in [0.5, 0.6) is 11.5 Å². The molecule has 0 unspecified atom stereocenters. The lowest BCUT2D eigenvalue weighted by Gasteiger charge is -2.07. The van der Waals surface area contributed by atoms with Crippen LogP contribution in [0.1, 0.15) is 12.5 Å².